The van der Waals surface area contributed by atoms with Crippen molar-refractivity contribution in [1.29, 1.82) is 0 Å². The summed E-state index contributed by atoms with van der Waals surface area (Å²) in [6.07, 6.45) is 0.152. The first kappa shape index (κ1) is 20.3. The molecule has 0 atom stereocenters. The van der Waals surface area contributed by atoms with Gasteiger partial charge in [-0.05, 0) is 30.5 Å². The molecule has 7 nitrogen and oxygen atoms in total. The van der Waals surface area contributed by atoms with Crippen molar-refractivity contribution in [2.75, 3.05) is 20.2 Å². The molecule has 1 heterocycles. The summed E-state index contributed by atoms with van der Waals surface area (Å²) in [7, 11) is -2.71. The third kappa shape index (κ3) is 3.63. The van der Waals surface area contributed by atoms with E-state index in [1.165, 1.54) is 13.2 Å². The fourth-order valence-corrected chi connectivity index (χ4v) is 5.79. The van der Waals surface area contributed by atoms with Gasteiger partial charge in [-0.2, -0.15) is 0 Å². The zero-order chi connectivity index (χ0) is 20.2. The molecule has 0 aromatic heterocycles. The van der Waals surface area contributed by atoms with Gasteiger partial charge in [0.25, 0.3) is 5.91 Å². The standard InChI is InChI=1S/C20H24N2O5S/c1-27-17-9-5-6-10-18(17)28(25,26)20(19(23)21-24)11-13-22(14-12-20)15-16-7-3-2-4-8-16/h2-10,24H,11-15H2,1H3,(H,21,23). The van der Waals surface area contributed by atoms with Crippen LogP contribution in [0.3, 0.4) is 0 Å². The second-order valence-corrected chi connectivity index (χ2v) is 9.08. The van der Waals surface area contributed by atoms with E-state index >= 15 is 0 Å². The van der Waals surface area contributed by atoms with Crippen LogP contribution in [0.4, 0.5) is 0 Å². The first-order valence-electron chi connectivity index (χ1n) is 9.03. The van der Waals surface area contributed by atoms with E-state index in [0.717, 1.165) is 5.56 Å². The largest absolute Gasteiger partial charge is 0.495 e. The second kappa shape index (κ2) is 8.30. The summed E-state index contributed by atoms with van der Waals surface area (Å²) in [5.74, 6) is -0.725. The number of likely N-dealkylation sites (tertiary alicyclic amines) is 1. The highest BCUT2D eigenvalue weighted by atomic mass is 32.2. The van der Waals surface area contributed by atoms with Gasteiger partial charge in [-0.1, -0.05) is 42.5 Å². The number of rotatable bonds is 6. The smallest absolute Gasteiger partial charge is 0.265 e. The molecule has 2 N–H and O–H groups in total. The summed E-state index contributed by atoms with van der Waals surface area (Å²) in [6, 6.07) is 16.1. The van der Waals surface area contributed by atoms with E-state index in [0.29, 0.717) is 19.6 Å². The Morgan fingerprint density at radius 1 is 1.11 bits per heavy atom. The molecule has 1 saturated heterocycles. The van der Waals surface area contributed by atoms with Crippen LogP contribution in [0.2, 0.25) is 0 Å². The van der Waals surface area contributed by atoms with Crippen molar-refractivity contribution in [3.05, 3.63) is 60.2 Å². The molecule has 1 aliphatic heterocycles. The van der Waals surface area contributed by atoms with Crippen LogP contribution in [0.5, 0.6) is 5.75 Å². The summed E-state index contributed by atoms with van der Waals surface area (Å²) >= 11 is 0. The van der Waals surface area contributed by atoms with Crippen LogP contribution in [0.25, 0.3) is 0 Å². The number of carbonyl (C=O) groups is 1. The monoisotopic (exact) mass is 404 g/mol. The zero-order valence-electron chi connectivity index (χ0n) is 15.7. The minimum Gasteiger partial charge on any atom is -0.495 e. The highest BCUT2D eigenvalue weighted by Crippen LogP contribution is 2.39. The van der Waals surface area contributed by atoms with Gasteiger partial charge >= 0.3 is 0 Å². The molecule has 0 aliphatic carbocycles. The van der Waals surface area contributed by atoms with Crippen LogP contribution in [0, 0.1) is 0 Å². The molecule has 0 bridgehead atoms. The molecule has 28 heavy (non-hydrogen) atoms. The van der Waals surface area contributed by atoms with E-state index in [4.69, 9.17) is 4.74 Å². The summed E-state index contributed by atoms with van der Waals surface area (Å²) < 4.78 is 30.4. The maximum Gasteiger partial charge on any atom is 0.265 e. The third-order valence-corrected chi connectivity index (χ3v) is 7.84. The number of amides is 1. The third-order valence-electron chi connectivity index (χ3n) is 5.30. The normalized spacial score (nSPS) is 17.1. The van der Waals surface area contributed by atoms with Crippen molar-refractivity contribution in [2.45, 2.75) is 29.0 Å². The molecule has 1 fully saturated rings. The van der Waals surface area contributed by atoms with E-state index in [-0.39, 0.29) is 23.5 Å². The van der Waals surface area contributed by atoms with Gasteiger partial charge in [0.05, 0.1) is 7.11 Å². The number of para-hydroxylation sites is 1. The molecule has 1 aliphatic rings. The number of hydrogen-bond donors (Lipinski definition) is 2. The fraction of sp³-hybridized carbons (Fsp3) is 0.350. The Kier molecular flexibility index (Phi) is 6.02. The fourth-order valence-electron chi connectivity index (χ4n) is 3.68. The Balaban J connectivity index is 1.90. The SMILES string of the molecule is COc1ccccc1S(=O)(=O)C1(C(=O)NO)CCN(Cc2ccccc2)CC1. The lowest BCUT2D eigenvalue weighted by atomic mass is 9.94. The lowest BCUT2D eigenvalue weighted by Crippen LogP contribution is -2.57. The van der Waals surface area contributed by atoms with Crippen molar-refractivity contribution in [2.24, 2.45) is 0 Å². The van der Waals surface area contributed by atoms with Crippen LogP contribution < -0.4 is 10.2 Å². The van der Waals surface area contributed by atoms with Crippen molar-refractivity contribution in [1.82, 2.24) is 10.4 Å². The van der Waals surface area contributed by atoms with Crippen LogP contribution in [-0.2, 0) is 21.2 Å². The number of methoxy groups -OCH3 is 1. The van der Waals surface area contributed by atoms with Gasteiger partial charge < -0.3 is 4.74 Å². The van der Waals surface area contributed by atoms with Crippen LogP contribution in [-0.4, -0.2) is 49.4 Å². The number of sulfone groups is 1. The first-order chi connectivity index (χ1) is 13.4. The quantitative estimate of drug-likeness (QED) is 0.565. The average Bonchev–Trinajstić information content (AvgIpc) is 2.74. The number of hydrogen-bond acceptors (Lipinski definition) is 6. The first-order valence-corrected chi connectivity index (χ1v) is 10.5. The average molecular weight is 404 g/mol. The maximum atomic E-state index is 13.5. The van der Waals surface area contributed by atoms with Gasteiger partial charge in [-0.15, -0.1) is 0 Å². The number of piperidine rings is 1. The minimum absolute atomic E-state index is 0.0439. The molecule has 0 radical (unpaired) electrons. The molecule has 2 aromatic carbocycles. The molecular formula is C20H24N2O5S. The highest BCUT2D eigenvalue weighted by Gasteiger charge is 2.53. The van der Waals surface area contributed by atoms with Crippen LogP contribution in [0.15, 0.2) is 59.5 Å². The lowest BCUT2D eigenvalue weighted by molar-refractivity contribution is -0.133. The molecule has 1 amide bonds. The Morgan fingerprint density at radius 2 is 1.71 bits per heavy atom. The van der Waals surface area contributed by atoms with Crippen molar-refractivity contribution in [3.8, 4) is 5.75 Å². The number of nitrogens with one attached hydrogen (secondary N) is 1. The minimum atomic E-state index is -4.10. The summed E-state index contributed by atoms with van der Waals surface area (Å²) in [4.78, 5) is 14.6. The lowest BCUT2D eigenvalue weighted by Gasteiger charge is -2.39. The van der Waals surface area contributed by atoms with Crippen LogP contribution in [0.1, 0.15) is 18.4 Å². The molecule has 0 unspecified atom stereocenters. The zero-order valence-corrected chi connectivity index (χ0v) is 16.5. The second-order valence-electron chi connectivity index (χ2n) is 6.85. The summed E-state index contributed by atoms with van der Waals surface area (Å²) in [6.45, 7) is 1.50. The number of nitrogens with zero attached hydrogens (tertiary/aromatic N) is 1. The van der Waals surface area contributed by atoms with E-state index in [1.807, 2.05) is 30.3 Å². The van der Waals surface area contributed by atoms with E-state index < -0.39 is 20.5 Å². The number of carbonyl (C=O) groups excluding carboxylic acids is 1. The van der Waals surface area contributed by atoms with Gasteiger partial charge in [-0.3, -0.25) is 14.9 Å². The Morgan fingerprint density at radius 3 is 2.32 bits per heavy atom. The number of hydroxylamine groups is 1. The predicted octanol–water partition coefficient (Wildman–Crippen LogP) is 2.01. The summed E-state index contributed by atoms with van der Waals surface area (Å²) in [5, 5.41) is 9.28. The summed E-state index contributed by atoms with van der Waals surface area (Å²) in [5.41, 5.74) is 2.70. The van der Waals surface area contributed by atoms with Gasteiger partial charge in [-0.25, -0.2) is 13.9 Å². The van der Waals surface area contributed by atoms with Crippen molar-refractivity contribution < 1.29 is 23.2 Å². The van der Waals surface area contributed by atoms with E-state index in [1.54, 1.807) is 23.7 Å². The van der Waals surface area contributed by atoms with E-state index in [2.05, 4.69) is 4.90 Å². The molecule has 0 saturated carbocycles. The molecule has 8 heteroatoms. The van der Waals surface area contributed by atoms with Gasteiger partial charge in [0.2, 0.25) is 0 Å². The molecule has 0 spiro atoms. The highest BCUT2D eigenvalue weighted by molar-refractivity contribution is 7.93. The maximum absolute atomic E-state index is 13.5. The van der Waals surface area contributed by atoms with Crippen molar-refractivity contribution in [3.63, 3.8) is 0 Å². The van der Waals surface area contributed by atoms with Gasteiger partial charge in [0.1, 0.15) is 10.6 Å². The molecule has 150 valence electrons. The Labute approximate surface area is 164 Å². The van der Waals surface area contributed by atoms with Gasteiger partial charge in [0, 0.05) is 19.6 Å². The molecule has 2 aromatic rings. The van der Waals surface area contributed by atoms with Gasteiger partial charge in [0.15, 0.2) is 14.6 Å². The Bertz CT molecular complexity index is 923. The van der Waals surface area contributed by atoms with Crippen molar-refractivity contribution >= 4 is 15.7 Å². The number of ether oxygens (including phenoxy) is 1. The molecule has 3 rings (SSSR count). The molecular weight excluding hydrogens is 380 g/mol. The van der Waals surface area contributed by atoms with Crippen LogP contribution >= 0.6 is 0 Å². The number of benzene rings is 2. The van der Waals surface area contributed by atoms with E-state index in [9.17, 15) is 18.4 Å². The topological polar surface area (TPSA) is 95.9 Å². The Hall–Kier alpha value is -2.42. The predicted molar refractivity (Wildman–Crippen MR) is 104 cm³/mol.